The maximum atomic E-state index is 5.41. The summed E-state index contributed by atoms with van der Waals surface area (Å²) in [6.45, 7) is 0. The van der Waals surface area contributed by atoms with Crippen molar-refractivity contribution < 1.29 is 0 Å². The lowest BCUT2D eigenvalue weighted by Gasteiger charge is -2.14. The highest BCUT2D eigenvalue weighted by Crippen LogP contribution is 2.47. The van der Waals surface area contributed by atoms with Crippen LogP contribution >= 0.6 is 0 Å². The lowest BCUT2D eigenvalue weighted by molar-refractivity contribution is 1.16. The SMILES string of the molecule is c1ccc(-c2cc(-c3cccc(-n4c5ccccc5c5c6c7ccccc7n(-c7ccc8ccccc8c7)c6ccc54)c3)nc(-c3cccc4ccccc34)c2)cc1.c1ccc(-c2ccc(-c3cc(-c4ccccc4)nc(-c4cccc(-n5c6ccccc6c6c7c8ccccc8n(-c8cccc(-c9ccccc9)c8)c7ccc65)c4)n3)cc2)cc1. The molecule has 120 heavy (non-hydrogen) atoms. The van der Waals surface area contributed by atoms with Crippen molar-refractivity contribution in [3.05, 3.63) is 443 Å². The molecule has 0 aliphatic carbocycles. The van der Waals surface area contributed by atoms with Crippen molar-refractivity contribution in [1.82, 2.24) is 33.2 Å². The molecule has 0 radical (unpaired) electrons. The number of rotatable bonds is 12. The Morgan fingerprint density at radius 3 is 0.983 bits per heavy atom. The predicted octanol–water partition coefficient (Wildman–Crippen LogP) is 29.6. The Morgan fingerprint density at radius 1 is 0.150 bits per heavy atom. The number of aromatic nitrogens is 7. The number of benzene rings is 18. The third kappa shape index (κ3) is 11.9. The van der Waals surface area contributed by atoms with Crippen molar-refractivity contribution >= 4 is 109 Å². The Labute approximate surface area is 692 Å². The van der Waals surface area contributed by atoms with E-state index < -0.39 is 0 Å². The van der Waals surface area contributed by atoms with Crippen molar-refractivity contribution in [2.45, 2.75) is 0 Å². The van der Waals surface area contributed by atoms with Crippen molar-refractivity contribution in [2.24, 2.45) is 0 Å². The van der Waals surface area contributed by atoms with Gasteiger partial charge in [-0.1, -0.05) is 328 Å². The minimum absolute atomic E-state index is 0.680. The van der Waals surface area contributed by atoms with Crippen LogP contribution in [0.5, 0.6) is 0 Å². The molecule has 18 aromatic carbocycles. The van der Waals surface area contributed by atoms with E-state index in [9.17, 15) is 0 Å². The molecule has 0 saturated heterocycles. The zero-order valence-corrected chi connectivity index (χ0v) is 65.3. The lowest BCUT2D eigenvalue weighted by atomic mass is 9.97. The van der Waals surface area contributed by atoms with Gasteiger partial charge in [0.25, 0.3) is 0 Å². The van der Waals surface area contributed by atoms with E-state index in [1.807, 2.05) is 12.1 Å². The molecule has 560 valence electrons. The number of fused-ring (bicyclic) bond motifs is 16. The van der Waals surface area contributed by atoms with Crippen LogP contribution in [0.3, 0.4) is 0 Å². The maximum Gasteiger partial charge on any atom is 0.160 e. The van der Waals surface area contributed by atoms with E-state index in [0.717, 1.165) is 95.5 Å². The summed E-state index contributed by atoms with van der Waals surface area (Å²) < 4.78 is 9.69. The van der Waals surface area contributed by atoms with Gasteiger partial charge in [0, 0.05) is 93.7 Å². The topological polar surface area (TPSA) is 58.4 Å². The molecule has 6 aromatic heterocycles. The van der Waals surface area contributed by atoms with Gasteiger partial charge in [-0.15, -0.1) is 0 Å². The molecule has 0 fully saturated rings. The van der Waals surface area contributed by atoms with Gasteiger partial charge in [-0.3, -0.25) is 0 Å². The van der Waals surface area contributed by atoms with Gasteiger partial charge < -0.3 is 18.3 Å². The van der Waals surface area contributed by atoms with Gasteiger partial charge >= 0.3 is 0 Å². The first-order valence-corrected chi connectivity index (χ1v) is 41.0. The largest absolute Gasteiger partial charge is 0.309 e. The van der Waals surface area contributed by atoms with Crippen molar-refractivity contribution in [1.29, 1.82) is 0 Å². The molecular weight excluding hydrogens is 1460 g/mol. The molecule has 6 heterocycles. The lowest BCUT2D eigenvalue weighted by Crippen LogP contribution is -1.98. The van der Waals surface area contributed by atoms with Gasteiger partial charge in [-0.2, -0.15) is 0 Å². The fourth-order valence-electron chi connectivity index (χ4n) is 18.5. The highest BCUT2D eigenvalue weighted by atomic mass is 15.0. The van der Waals surface area contributed by atoms with Gasteiger partial charge in [0.2, 0.25) is 0 Å². The summed E-state index contributed by atoms with van der Waals surface area (Å²) in [6.07, 6.45) is 0. The van der Waals surface area contributed by atoms with E-state index in [1.165, 1.54) is 120 Å². The zero-order chi connectivity index (χ0) is 79.1. The van der Waals surface area contributed by atoms with Gasteiger partial charge in [0.15, 0.2) is 5.82 Å². The first-order chi connectivity index (χ1) is 59.5. The summed E-state index contributed by atoms with van der Waals surface area (Å²) >= 11 is 0. The van der Waals surface area contributed by atoms with Gasteiger partial charge in [-0.25, -0.2) is 15.0 Å². The van der Waals surface area contributed by atoms with Gasteiger partial charge in [0.1, 0.15) is 0 Å². The van der Waals surface area contributed by atoms with Crippen LogP contribution in [0.1, 0.15) is 0 Å². The van der Waals surface area contributed by atoms with Crippen LogP contribution in [0.25, 0.3) is 221 Å². The van der Waals surface area contributed by atoms with Gasteiger partial charge in [-0.05, 0) is 170 Å². The molecule has 7 heteroatoms. The molecule has 0 bridgehead atoms. The minimum atomic E-state index is 0.680. The third-order valence-corrected chi connectivity index (χ3v) is 24.0. The van der Waals surface area contributed by atoms with Crippen molar-refractivity contribution in [3.63, 3.8) is 0 Å². The second-order valence-electron chi connectivity index (χ2n) is 31.0. The van der Waals surface area contributed by atoms with Crippen LogP contribution in [0, 0.1) is 0 Å². The first-order valence-electron chi connectivity index (χ1n) is 41.0. The Bertz CT molecular complexity index is 8130. The van der Waals surface area contributed by atoms with E-state index in [2.05, 4.69) is 449 Å². The third-order valence-electron chi connectivity index (χ3n) is 24.0. The molecule has 7 nitrogen and oxygen atoms in total. The van der Waals surface area contributed by atoms with E-state index >= 15 is 0 Å². The summed E-state index contributed by atoms with van der Waals surface area (Å²) in [5.74, 6) is 0.680. The van der Waals surface area contributed by atoms with Crippen LogP contribution in [-0.4, -0.2) is 33.2 Å². The fourth-order valence-corrected chi connectivity index (χ4v) is 18.5. The Kier molecular flexibility index (Phi) is 16.8. The second kappa shape index (κ2) is 29.0. The molecular formula is C113H73N7. The average molecular weight is 1530 g/mol. The minimum Gasteiger partial charge on any atom is -0.309 e. The molecule has 0 aliphatic rings. The molecule has 0 atom stereocenters. The Hall–Kier alpha value is -16.1. The van der Waals surface area contributed by atoms with Crippen molar-refractivity contribution in [2.75, 3.05) is 0 Å². The monoisotopic (exact) mass is 1530 g/mol. The van der Waals surface area contributed by atoms with Crippen molar-refractivity contribution in [3.8, 4) is 113 Å². The fraction of sp³-hybridized carbons (Fsp3) is 0. The molecule has 0 amide bonds. The smallest absolute Gasteiger partial charge is 0.160 e. The average Bonchev–Trinajstić information content (AvgIpc) is 1.55. The number of nitrogens with zero attached hydrogens (tertiary/aromatic N) is 7. The van der Waals surface area contributed by atoms with Crippen LogP contribution in [-0.2, 0) is 0 Å². The van der Waals surface area contributed by atoms with Crippen LogP contribution in [0.15, 0.2) is 443 Å². The van der Waals surface area contributed by atoms with Gasteiger partial charge in [0.05, 0.1) is 66.9 Å². The normalized spacial score (nSPS) is 11.7. The molecule has 0 unspecified atom stereocenters. The summed E-state index contributed by atoms with van der Waals surface area (Å²) in [7, 11) is 0. The second-order valence-corrected chi connectivity index (χ2v) is 31.0. The summed E-state index contributed by atoms with van der Waals surface area (Å²) in [4.78, 5) is 15.9. The number of para-hydroxylation sites is 4. The first kappa shape index (κ1) is 69.4. The van der Waals surface area contributed by atoms with E-state index in [0.29, 0.717) is 5.82 Å². The molecule has 24 rings (SSSR count). The standard InChI is InChI=1S/C58H38N4.C55H35N3/c1-4-16-39(17-5-1)41-30-32-43(33-31-41)51-38-50(42-20-8-3-9-21-42)59-58(60-51)45-23-15-25-47(37-45)62-53-29-13-11-27-49(53)57-55(62)35-34-54-56(57)48-26-10-12-28-52(48)61(54)46-24-14-22-44(36-46)40-18-6-2-7-19-40;1-2-14-36(15-3-1)41-34-48(56-49(35-41)45-25-13-19-38-17-6-7-22-44(38)45)40-20-12-21-42(33-40)57-50-26-10-8-23-46(50)54-52(57)30-31-53-55(54)47-24-9-11-27-51(47)58(53)43-29-28-37-16-4-5-18-39(37)32-43/h1-38H;1-35H. The van der Waals surface area contributed by atoms with Crippen LogP contribution < -0.4 is 0 Å². The van der Waals surface area contributed by atoms with E-state index in [-0.39, 0.29) is 0 Å². The van der Waals surface area contributed by atoms with Crippen LogP contribution in [0.2, 0.25) is 0 Å². The zero-order valence-electron chi connectivity index (χ0n) is 65.3. The van der Waals surface area contributed by atoms with E-state index in [4.69, 9.17) is 15.0 Å². The van der Waals surface area contributed by atoms with Crippen LogP contribution in [0.4, 0.5) is 0 Å². The molecule has 0 saturated carbocycles. The highest BCUT2D eigenvalue weighted by Gasteiger charge is 2.25. The summed E-state index contributed by atoms with van der Waals surface area (Å²) in [5, 5.41) is 14.8. The number of hydrogen-bond acceptors (Lipinski definition) is 3. The quantitative estimate of drug-likeness (QED) is 0.122. The summed E-state index contributed by atoms with van der Waals surface area (Å²) in [6, 6.07) is 159. The Balaban J connectivity index is 0.000000140. The number of hydrogen-bond donors (Lipinski definition) is 0. The summed E-state index contributed by atoms with van der Waals surface area (Å²) in [5.41, 5.74) is 29.8. The van der Waals surface area contributed by atoms with E-state index in [1.54, 1.807) is 0 Å². The predicted molar refractivity (Wildman–Crippen MR) is 502 cm³/mol. The number of pyridine rings is 1. The molecule has 0 spiro atoms. The maximum absolute atomic E-state index is 5.41. The highest BCUT2D eigenvalue weighted by molar-refractivity contribution is 6.30. The Morgan fingerprint density at radius 2 is 0.475 bits per heavy atom. The molecule has 0 N–H and O–H groups in total. The molecule has 24 aromatic rings. The molecule has 0 aliphatic heterocycles.